The molecule has 5 nitrogen and oxygen atoms in total. The number of hydrogen-bond donors (Lipinski definition) is 2. The molecule has 1 amide bonds. The lowest BCUT2D eigenvalue weighted by Crippen LogP contribution is -2.49. The summed E-state index contributed by atoms with van der Waals surface area (Å²) in [6, 6.07) is 7.25. The highest BCUT2D eigenvalue weighted by atomic mass is 16.1. The Bertz CT molecular complexity index is 637. The minimum Gasteiger partial charge on any atom is -0.347 e. The van der Waals surface area contributed by atoms with E-state index in [4.69, 9.17) is 6.42 Å². The van der Waals surface area contributed by atoms with E-state index in [1.165, 1.54) is 6.42 Å². The van der Waals surface area contributed by atoms with Gasteiger partial charge in [0.1, 0.15) is 0 Å². The third kappa shape index (κ3) is 5.02. The lowest BCUT2D eigenvalue weighted by atomic mass is 9.92. The van der Waals surface area contributed by atoms with Gasteiger partial charge in [-0.15, -0.1) is 6.42 Å². The van der Waals surface area contributed by atoms with E-state index in [2.05, 4.69) is 40.3 Å². The van der Waals surface area contributed by atoms with Crippen LogP contribution in [0.15, 0.2) is 29.3 Å². The Balaban J connectivity index is 1.88. The van der Waals surface area contributed by atoms with Crippen LogP contribution in [0.5, 0.6) is 0 Å². The largest absolute Gasteiger partial charge is 0.347 e. The van der Waals surface area contributed by atoms with Crippen LogP contribution in [0.4, 0.5) is 5.69 Å². The van der Waals surface area contributed by atoms with Crippen molar-refractivity contribution in [3.05, 3.63) is 29.8 Å². The lowest BCUT2D eigenvalue weighted by molar-refractivity contribution is -0.115. The second-order valence-corrected chi connectivity index (χ2v) is 6.53. The number of anilines is 1. The zero-order valence-corrected chi connectivity index (χ0v) is 14.7. The summed E-state index contributed by atoms with van der Waals surface area (Å²) < 4.78 is 0. The molecule has 128 valence electrons. The predicted molar refractivity (Wildman–Crippen MR) is 98.9 cm³/mol. The van der Waals surface area contributed by atoms with Crippen molar-refractivity contribution in [2.45, 2.75) is 20.3 Å². The Morgan fingerprint density at radius 3 is 2.71 bits per heavy atom. The molecule has 1 aliphatic rings. The van der Waals surface area contributed by atoms with Gasteiger partial charge in [0.25, 0.3) is 0 Å². The van der Waals surface area contributed by atoms with E-state index in [1.807, 2.05) is 18.2 Å². The van der Waals surface area contributed by atoms with Crippen LogP contribution in [0.1, 0.15) is 25.8 Å². The molecule has 1 heterocycles. The van der Waals surface area contributed by atoms with Gasteiger partial charge in [-0.05, 0) is 36.5 Å². The van der Waals surface area contributed by atoms with Crippen molar-refractivity contribution in [2.24, 2.45) is 16.8 Å². The van der Waals surface area contributed by atoms with Crippen LogP contribution < -0.4 is 10.6 Å². The summed E-state index contributed by atoms with van der Waals surface area (Å²) in [6.45, 7) is 6.61. The molecular formula is C19H26N4O. The number of guanidine groups is 1. The quantitative estimate of drug-likeness (QED) is 0.508. The minimum absolute atomic E-state index is 0.122. The van der Waals surface area contributed by atoms with Crippen molar-refractivity contribution in [1.82, 2.24) is 10.2 Å². The van der Waals surface area contributed by atoms with Gasteiger partial charge in [0.05, 0.1) is 6.54 Å². The van der Waals surface area contributed by atoms with Gasteiger partial charge >= 0.3 is 0 Å². The Hall–Kier alpha value is -2.48. The summed E-state index contributed by atoms with van der Waals surface area (Å²) in [5.41, 5.74) is 1.44. The monoisotopic (exact) mass is 326 g/mol. The number of nitrogens with zero attached hydrogens (tertiary/aromatic N) is 2. The molecular weight excluding hydrogens is 300 g/mol. The standard InChI is InChI=1S/C19H26N4O/c1-5-16-7-6-8-17(10-16)22-18(24)11-21-19(20-4)23-12-14(2)9-15(3)13-23/h1,6-8,10,14-15H,9,11-13H2,2-4H3,(H,20,21)(H,22,24). The van der Waals surface area contributed by atoms with Gasteiger partial charge in [0.15, 0.2) is 5.96 Å². The number of piperidine rings is 1. The Kier molecular flexibility index (Phi) is 6.25. The van der Waals surface area contributed by atoms with Crippen LogP contribution in [0, 0.1) is 24.2 Å². The van der Waals surface area contributed by atoms with Crippen LogP contribution in [0.3, 0.4) is 0 Å². The van der Waals surface area contributed by atoms with E-state index < -0.39 is 0 Å². The molecule has 1 aromatic carbocycles. The highest BCUT2D eigenvalue weighted by Crippen LogP contribution is 2.20. The molecule has 1 aliphatic heterocycles. The first kappa shape index (κ1) is 17.9. The molecule has 1 fully saturated rings. The maximum atomic E-state index is 12.1. The first-order valence-corrected chi connectivity index (χ1v) is 8.34. The van der Waals surface area contributed by atoms with E-state index in [0.29, 0.717) is 17.5 Å². The molecule has 1 saturated heterocycles. The van der Waals surface area contributed by atoms with E-state index in [0.717, 1.165) is 24.6 Å². The van der Waals surface area contributed by atoms with Gasteiger partial charge in [0, 0.05) is 31.4 Å². The fourth-order valence-corrected chi connectivity index (χ4v) is 3.22. The number of carbonyl (C=O) groups is 1. The zero-order valence-electron chi connectivity index (χ0n) is 14.7. The molecule has 0 saturated carbocycles. The molecule has 2 unspecified atom stereocenters. The van der Waals surface area contributed by atoms with Gasteiger partial charge in [-0.3, -0.25) is 9.79 Å². The number of terminal acetylenes is 1. The van der Waals surface area contributed by atoms with Crippen LogP contribution in [-0.2, 0) is 4.79 Å². The summed E-state index contributed by atoms with van der Waals surface area (Å²) in [4.78, 5) is 18.7. The van der Waals surface area contributed by atoms with E-state index in [1.54, 1.807) is 13.1 Å². The third-order valence-corrected chi connectivity index (χ3v) is 4.10. The number of hydrogen-bond acceptors (Lipinski definition) is 2. The van der Waals surface area contributed by atoms with Crippen molar-refractivity contribution >= 4 is 17.6 Å². The predicted octanol–water partition coefficient (Wildman–Crippen LogP) is 2.16. The second kappa shape index (κ2) is 8.39. The van der Waals surface area contributed by atoms with E-state index >= 15 is 0 Å². The van der Waals surface area contributed by atoms with Crippen molar-refractivity contribution in [1.29, 1.82) is 0 Å². The van der Waals surface area contributed by atoms with Gasteiger partial charge in [0.2, 0.25) is 5.91 Å². The average Bonchev–Trinajstić information content (AvgIpc) is 2.54. The summed E-state index contributed by atoms with van der Waals surface area (Å²) in [7, 11) is 1.75. The number of rotatable bonds is 3. The maximum Gasteiger partial charge on any atom is 0.243 e. The molecule has 0 spiro atoms. The highest BCUT2D eigenvalue weighted by Gasteiger charge is 2.24. The Morgan fingerprint density at radius 2 is 2.08 bits per heavy atom. The number of likely N-dealkylation sites (tertiary alicyclic amines) is 1. The first-order chi connectivity index (χ1) is 11.5. The zero-order chi connectivity index (χ0) is 17.5. The van der Waals surface area contributed by atoms with Crippen LogP contribution >= 0.6 is 0 Å². The third-order valence-electron chi connectivity index (χ3n) is 4.10. The molecule has 0 aliphatic carbocycles. The topological polar surface area (TPSA) is 56.7 Å². The van der Waals surface area contributed by atoms with Crippen molar-refractivity contribution in [2.75, 3.05) is 32.0 Å². The van der Waals surface area contributed by atoms with Gasteiger partial charge < -0.3 is 15.5 Å². The van der Waals surface area contributed by atoms with Crippen molar-refractivity contribution < 1.29 is 4.79 Å². The molecule has 0 radical (unpaired) electrons. The minimum atomic E-state index is -0.122. The number of amides is 1. The molecule has 2 N–H and O–H groups in total. The van der Waals surface area contributed by atoms with Gasteiger partial charge in [-0.2, -0.15) is 0 Å². The molecule has 1 aromatic rings. The fourth-order valence-electron chi connectivity index (χ4n) is 3.22. The van der Waals surface area contributed by atoms with Gasteiger partial charge in [-0.1, -0.05) is 25.8 Å². The number of aliphatic imine (C=N–C) groups is 1. The molecule has 2 rings (SSSR count). The van der Waals surface area contributed by atoms with Crippen LogP contribution in [-0.4, -0.2) is 43.4 Å². The van der Waals surface area contributed by atoms with E-state index in [9.17, 15) is 4.79 Å². The van der Waals surface area contributed by atoms with Gasteiger partial charge in [-0.25, -0.2) is 0 Å². The second-order valence-electron chi connectivity index (χ2n) is 6.53. The number of nitrogens with one attached hydrogen (secondary N) is 2. The smallest absolute Gasteiger partial charge is 0.243 e. The summed E-state index contributed by atoms with van der Waals surface area (Å²) in [6.07, 6.45) is 6.61. The number of carbonyl (C=O) groups excluding carboxylic acids is 1. The SMILES string of the molecule is C#Cc1cccc(NC(=O)CNC(=NC)N2CC(C)CC(C)C2)c1. The highest BCUT2D eigenvalue weighted by molar-refractivity contribution is 5.95. The first-order valence-electron chi connectivity index (χ1n) is 8.34. The molecule has 0 aromatic heterocycles. The molecule has 24 heavy (non-hydrogen) atoms. The normalized spacial score (nSPS) is 21.1. The molecule has 5 heteroatoms. The Labute approximate surface area is 144 Å². The summed E-state index contributed by atoms with van der Waals surface area (Å²) in [5, 5.41) is 6.00. The summed E-state index contributed by atoms with van der Waals surface area (Å²) >= 11 is 0. The summed E-state index contributed by atoms with van der Waals surface area (Å²) in [5.74, 6) is 4.48. The van der Waals surface area contributed by atoms with Crippen molar-refractivity contribution in [3.8, 4) is 12.3 Å². The van der Waals surface area contributed by atoms with Crippen LogP contribution in [0.25, 0.3) is 0 Å². The Morgan fingerprint density at radius 1 is 1.38 bits per heavy atom. The number of benzene rings is 1. The molecule has 2 atom stereocenters. The average molecular weight is 326 g/mol. The van der Waals surface area contributed by atoms with Crippen LogP contribution in [0.2, 0.25) is 0 Å². The lowest BCUT2D eigenvalue weighted by Gasteiger charge is -2.37. The van der Waals surface area contributed by atoms with E-state index in [-0.39, 0.29) is 12.5 Å². The fraction of sp³-hybridized carbons (Fsp3) is 0.474. The molecule has 0 bridgehead atoms. The van der Waals surface area contributed by atoms with Crippen molar-refractivity contribution in [3.63, 3.8) is 0 Å². The maximum absolute atomic E-state index is 12.1.